The lowest BCUT2D eigenvalue weighted by molar-refractivity contribution is -0.134. The van der Waals surface area contributed by atoms with Gasteiger partial charge in [0, 0.05) is 30.5 Å². The third kappa shape index (κ3) is 3.58. The fourth-order valence-corrected chi connectivity index (χ4v) is 3.44. The van der Waals surface area contributed by atoms with Crippen molar-refractivity contribution >= 4 is 16.9 Å². The lowest BCUT2D eigenvalue weighted by atomic mass is 10.1. The predicted molar refractivity (Wildman–Crippen MR) is 99.7 cm³/mol. The van der Waals surface area contributed by atoms with Crippen LogP contribution in [0.1, 0.15) is 30.3 Å². The maximum atomic E-state index is 12.5. The molecule has 0 radical (unpaired) electrons. The second-order valence-corrected chi connectivity index (χ2v) is 6.68. The van der Waals surface area contributed by atoms with Crippen molar-refractivity contribution in [2.75, 3.05) is 13.2 Å². The number of ether oxygens (including phenoxy) is 1. The van der Waals surface area contributed by atoms with Crippen molar-refractivity contribution in [3.63, 3.8) is 0 Å². The molecule has 1 amide bonds. The molecule has 4 rings (SSSR count). The number of hydrogen-bond donors (Lipinski definition) is 1. The van der Waals surface area contributed by atoms with Crippen molar-refractivity contribution in [2.45, 2.75) is 32.7 Å². The number of carbonyl (C=O) groups is 1. The number of benzene rings is 1. The second-order valence-electron chi connectivity index (χ2n) is 6.68. The number of aromatic amines is 1. The van der Waals surface area contributed by atoms with E-state index in [9.17, 15) is 9.59 Å². The van der Waals surface area contributed by atoms with E-state index in [1.807, 2.05) is 6.07 Å². The molecule has 3 heterocycles. The van der Waals surface area contributed by atoms with Gasteiger partial charge in [0.2, 0.25) is 0 Å². The van der Waals surface area contributed by atoms with E-state index in [1.54, 1.807) is 23.4 Å². The third-order valence-corrected chi connectivity index (χ3v) is 4.81. The standard InChI is InChI=1S/C20H21N3O4/c1-2-3-13-8-20(25)27-18-9-14(4-5-15(13)18)26-11-19(24)23-7-6-16-17(10-23)22-12-21-16/h4-5,8-9,12H,2-3,6-7,10-11H2,1H3,(H,21,22). The maximum absolute atomic E-state index is 12.5. The molecule has 27 heavy (non-hydrogen) atoms. The molecular weight excluding hydrogens is 346 g/mol. The normalized spacial score (nSPS) is 13.6. The van der Waals surface area contributed by atoms with Gasteiger partial charge in [-0.3, -0.25) is 4.79 Å². The van der Waals surface area contributed by atoms with Crippen LogP contribution in [0.3, 0.4) is 0 Å². The molecule has 0 bridgehead atoms. The molecule has 1 aliphatic heterocycles. The smallest absolute Gasteiger partial charge is 0.336 e. The Hall–Kier alpha value is -3.09. The molecule has 3 aromatic rings. The minimum absolute atomic E-state index is 0.0616. The summed E-state index contributed by atoms with van der Waals surface area (Å²) in [6.45, 7) is 3.15. The highest BCUT2D eigenvalue weighted by Crippen LogP contribution is 2.24. The summed E-state index contributed by atoms with van der Waals surface area (Å²) in [7, 11) is 0. The Morgan fingerprint density at radius 2 is 2.26 bits per heavy atom. The number of imidazole rings is 1. The highest BCUT2D eigenvalue weighted by Gasteiger charge is 2.22. The first-order valence-electron chi connectivity index (χ1n) is 9.12. The molecule has 2 aromatic heterocycles. The molecule has 1 aromatic carbocycles. The van der Waals surface area contributed by atoms with Crippen molar-refractivity contribution in [3.05, 3.63) is 58.0 Å². The first-order valence-corrected chi connectivity index (χ1v) is 9.12. The van der Waals surface area contributed by atoms with Crippen LogP contribution in [-0.2, 0) is 24.2 Å². The Morgan fingerprint density at radius 1 is 1.37 bits per heavy atom. The zero-order valence-electron chi connectivity index (χ0n) is 15.2. The Morgan fingerprint density at radius 3 is 3.11 bits per heavy atom. The summed E-state index contributed by atoms with van der Waals surface area (Å²) in [4.78, 5) is 33.3. The summed E-state index contributed by atoms with van der Waals surface area (Å²) in [5.41, 5.74) is 3.08. The molecule has 0 spiro atoms. The van der Waals surface area contributed by atoms with Gasteiger partial charge in [-0.2, -0.15) is 0 Å². The zero-order valence-corrected chi connectivity index (χ0v) is 15.2. The molecule has 1 N–H and O–H groups in total. The predicted octanol–water partition coefficient (Wildman–Crippen LogP) is 2.43. The topological polar surface area (TPSA) is 88.4 Å². The van der Waals surface area contributed by atoms with Gasteiger partial charge in [0.15, 0.2) is 6.61 Å². The summed E-state index contributed by atoms with van der Waals surface area (Å²) >= 11 is 0. The van der Waals surface area contributed by atoms with E-state index < -0.39 is 0 Å². The summed E-state index contributed by atoms with van der Waals surface area (Å²) in [5, 5.41) is 0.901. The van der Waals surface area contributed by atoms with Crippen molar-refractivity contribution in [2.24, 2.45) is 0 Å². The third-order valence-electron chi connectivity index (χ3n) is 4.81. The van der Waals surface area contributed by atoms with Gasteiger partial charge in [0.1, 0.15) is 11.3 Å². The Bertz CT molecular complexity index is 1040. The van der Waals surface area contributed by atoms with Crippen LogP contribution in [0, 0.1) is 0 Å². The molecule has 1 aliphatic rings. The quantitative estimate of drug-likeness (QED) is 0.700. The first kappa shape index (κ1) is 17.3. The highest BCUT2D eigenvalue weighted by molar-refractivity contribution is 5.82. The van der Waals surface area contributed by atoms with Gasteiger partial charge < -0.3 is 19.0 Å². The molecule has 0 saturated heterocycles. The van der Waals surface area contributed by atoms with Crippen molar-refractivity contribution in [1.29, 1.82) is 0 Å². The number of hydrogen-bond acceptors (Lipinski definition) is 5. The molecule has 0 atom stereocenters. The Kier molecular flexibility index (Phi) is 4.66. The summed E-state index contributed by atoms with van der Waals surface area (Å²) in [5.74, 6) is 0.420. The van der Waals surface area contributed by atoms with Gasteiger partial charge in [0.05, 0.1) is 24.3 Å². The van der Waals surface area contributed by atoms with Gasteiger partial charge in [-0.05, 0) is 24.1 Å². The van der Waals surface area contributed by atoms with E-state index in [1.165, 1.54) is 6.07 Å². The average Bonchev–Trinajstić information content (AvgIpc) is 3.13. The fourth-order valence-electron chi connectivity index (χ4n) is 3.44. The number of nitrogens with zero attached hydrogens (tertiary/aromatic N) is 2. The van der Waals surface area contributed by atoms with Crippen LogP contribution in [0.5, 0.6) is 5.75 Å². The van der Waals surface area contributed by atoms with Crippen LogP contribution in [0.25, 0.3) is 11.0 Å². The van der Waals surface area contributed by atoms with Crippen molar-refractivity contribution in [1.82, 2.24) is 14.9 Å². The number of H-pyrrole nitrogens is 1. The fraction of sp³-hybridized carbons (Fsp3) is 0.350. The van der Waals surface area contributed by atoms with E-state index in [0.29, 0.717) is 24.4 Å². The number of rotatable bonds is 5. The number of aryl methyl sites for hydroxylation is 1. The SMILES string of the molecule is CCCc1cc(=O)oc2cc(OCC(=O)N3CCc4nc[nH]c4C3)ccc12. The molecular formula is C20H21N3O4. The van der Waals surface area contributed by atoms with Crippen molar-refractivity contribution < 1.29 is 13.9 Å². The van der Waals surface area contributed by atoms with Gasteiger partial charge >= 0.3 is 5.63 Å². The van der Waals surface area contributed by atoms with Crippen LogP contribution >= 0.6 is 0 Å². The Balaban J connectivity index is 1.46. The van der Waals surface area contributed by atoms with Gasteiger partial charge in [-0.1, -0.05) is 13.3 Å². The molecule has 0 saturated carbocycles. The number of amides is 1. The molecule has 0 unspecified atom stereocenters. The van der Waals surface area contributed by atoms with E-state index in [-0.39, 0.29) is 18.1 Å². The van der Waals surface area contributed by atoms with E-state index in [2.05, 4.69) is 16.9 Å². The van der Waals surface area contributed by atoms with Crippen LogP contribution in [0.4, 0.5) is 0 Å². The summed E-state index contributed by atoms with van der Waals surface area (Å²) in [6.07, 6.45) is 4.15. The summed E-state index contributed by atoms with van der Waals surface area (Å²) in [6, 6.07) is 6.89. The number of carbonyl (C=O) groups excluding carboxylic acids is 1. The largest absolute Gasteiger partial charge is 0.484 e. The number of nitrogens with one attached hydrogen (secondary N) is 1. The monoisotopic (exact) mass is 367 g/mol. The van der Waals surface area contributed by atoms with Crippen LogP contribution in [0.2, 0.25) is 0 Å². The lowest BCUT2D eigenvalue weighted by Gasteiger charge is -2.26. The molecule has 0 fully saturated rings. The van der Waals surface area contributed by atoms with E-state index in [4.69, 9.17) is 9.15 Å². The maximum Gasteiger partial charge on any atom is 0.336 e. The van der Waals surface area contributed by atoms with E-state index in [0.717, 1.165) is 41.6 Å². The van der Waals surface area contributed by atoms with Crippen molar-refractivity contribution in [3.8, 4) is 5.75 Å². The van der Waals surface area contributed by atoms with Gasteiger partial charge in [0.25, 0.3) is 5.91 Å². The summed E-state index contributed by atoms with van der Waals surface area (Å²) < 4.78 is 11.0. The van der Waals surface area contributed by atoms with Crippen LogP contribution in [0.15, 0.2) is 39.8 Å². The number of fused-ring (bicyclic) bond motifs is 2. The molecule has 0 aliphatic carbocycles. The second kappa shape index (κ2) is 7.26. The Labute approximate surface area is 156 Å². The number of aromatic nitrogens is 2. The first-order chi connectivity index (χ1) is 13.1. The van der Waals surface area contributed by atoms with Gasteiger partial charge in [-0.25, -0.2) is 9.78 Å². The zero-order chi connectivity index (χ0) is 18.8. The lowest BCUT2D eigenvalue weighted by Crippen LogP contribution is -2.38. The minimum Gasteiger partial charge on any atom is -0.484 e. The highest BCUT2D eigenvalue weighted by atomic mass is 16.5. The molecule has 7 heteroatoms. The average molecular weight is 367 g/mol. The van der Waals surface area contributed by atoms with Crippen LogP contribution in [-0.4, -0.2) is 33.9 Å². The van der Waals surface area contributed by atoms with Gasteiger partial charge in [-0.15, -0.1) is 0 Å². The minimum atomic E-state index is -0.372. The van der Waals surface area contributed by atoms with Crippen LogP contribution < -0.4 is 10.4 Å². The molecule has 140 valence electrons. The molecule has 7 nitrogen and oxygen atoms in total. The van der Waals surface area contributed by atoms with E-state index >= 15 is 0 Å².